The van der Waals surface area contributed by atoms with E-state index in [1.807, 2.05) is 30.3 Å². The Labute approximate surface area is 186 Å². The Bertz CT molecular complexity index is 1270. The molecular weight excluding hydrogens is 461 g/mol. The third-order valence-electron chi connectivity index (χ3n) is 4.65. The molecule has 0 aliphatic heterocycles. The molecule has 0 bridgehead atoms. The second kappa shape index (κ2) is 9.06. The lowest BCUT2D eigenvalue weighted by Crippen LogP contribution is -2.18. The van der Waals surface area contributed by atoms with Gasteiger partial charge >= 0.3 is 0 Å². The molecule has 1 aromatic heterocycles. The number of fused-ring (bicyclic) bond motifs is 1. The van der Waals surface area contributed by atoms with E-state index < -0.39 is 5.91 Å². The predicted octanol–water partition coefficient (Wildman–Crippen LogP) is 5.58. The molecule has 0 fully saturated rings. The molecule has 3 aromatic carbocycles. The van der Waals surface area contributed by atoms with Crippen LogP contribution in [0.2, 0.25) is 0 Å². The fraction of sp³-hybridized carbons (Fsp3) is 0.0417. The van der Waals surface area contributed by atoms with Crippen LogP contribution in [0.25, 0.3) is 22.2 Å². The number of carbonyl (C=O) groups excluding carboxylic acids is 1. The number of benzene rings is 3. The van der Waals surface area contributed by atoms with Gasteiger partial charge in [0.1, 0.15) is 11.6 Å². The number of methoxy groups -OCH3 is 1. The Morgan fingerprint density at radius 3 is 2.52 bits per heavy atom. The smallest absolute Gasteiger partial charge is 0.272 e. The van der Waals surface area contributed by atoms with Crippen LogP contribution < -0.4 is 10.2 Å². The quantitative estimate of drug-likeness (QED) is 0.301. The van der Waals surface area contributed by atoms with E-state index in [0.29, 0.717) is 33.5 Å². The minimum Gasteiger partial charge on any atom is -0.497 e. The fourth-order valence-electron chi connectivity index (χ4n) is 3.06. The standard InChI is InChI=1S/C24H17BrFN3O2/c1-31-19-10-11-22-20(12-19)21(13-23(28-22)16-4-6-17(25)7-5-16)24(30)29-27-14-15-2-8-18(26)9-3-15/h2-14H,1H3,(H,29,30). The minimum atomic E-state index is -0.391. The van der Waals surface area contributed by atoms with Crippen LogP contribution in [0.3, 0.4) is 0 Å². The Morgan fingerprint density at radius 1 is 1.06 bits per heavy atom. The predicted molar refractivity (Wildman–Crippen MR) is 123 cm³/mol. The monoisotopic (exact) mass is 477 g/mol. The Kier molecular flexibility index (Phi) is 6.04. The zero-order valence-electron chi connectivity index (χ0n) is 16.5. The van der Waals surface area contributed by atoms with Crippen molar-refractivity contribution in [1.82, 2.24) is 10.4 Å². The molecule has 7 heteroatoms. The molecule has 1 heterocycles. The lowest BCUT2D eigenvalue weighted by molar-refractivity contribution is 0.0956. The molecule has 0 spiro atoms. The molecule has 4 aromatic rings. The Balaban J connectivity index is 1.71. The number of aromatic nitrogens is 1. The second-order valence-corrected chi connectivity index (χ2v) is 7.61. The maximum Gasteiger partial charge on any atom is 0.272 e. The number of ether oxygens (including phenoxy) is 1. The molecule has 1 N–H and O–H groups in total. The minimum absolute atomic E-state index is 0.334. The normalized spacial score (nSPS) is 11.1. The van der Waals surface area contributed by atoms with Gasteiger partial charge in [-0.1, -0.05) is 40.2 Å². The number of hydrogen-bond donors (Lipinski definition) is 1. The van der Waals surface area contributed by atoms with Gasteiger partial charge in [0, 0.05) is 15.4 Å². The summed E-state index contributed by atoms with van der Waals surface area (Å²) in [6.45, 7) is 0. The van der Waals surface area contributed by atoms with Crippen molar-refractivity contribution in [2.24, 2.45) is 5.10 Å². The topological polar surface area (TPSA) is 63.6 Å². The zero-order valence-corrected chi connectivity index (χ0v) is 18.1. The number of rotatable bonds is 5. The number of carbonyl (C=O) groups is 1. The van der Waals surface area contributed by atoms with Gasteiger partial charge in [0.25, 0.3) is 5.91 Å². The summed E-state index contributed by atoms with van der Waals surface area (Å²) in [5.74, 6) is -0.106. The molecular formula is C24H17BrFN3O2. The molecule has 0 unspecified atom stereocenters. The van der Waals surface area contributed by atoms with Crippen LogP contribution in [0.5, 0.6) is 5.75 Å². The number of nitrogens with zero attached hydrogens (tertiary/aromatic N) is 2. The summed E-state index contributed by atoms with van der Waals surface area (Å²) in [4.78, 5) is 17.7. The lowest BCUT2D eigenvalue weighted by atomic mass is 10.0. The van der Waals surface area contributed by atoms with E-state index >= 15 is 0 Å². The van der Waals surface area contributed by atoms with E-state index in [0.717, 1.165) is 10.0 Å². The number of hydrogen-bond acceptors (Lipinski definition) is 4. The third-order valence-corrected chi connectivity index (χ3v) is 5.18. The molecule has 0 saturated heterocycles. The van der Waals surface area contributed by atoms with Crippen LogP contribution in [-0.4, -0.2) is 24.2 Å². The van der Waals surface area contributed by atoms with Crippen molar-refractivity contribution >= 4 is 39.0 Å². The van der Waals surface area contributed by atoms with Crippen LogP contribution in [0, 0.1) is 5.82 Å². The van der Waals surface area contributed by atoms with Crippen molar-refractivity contribution in [3.63, 3.8) is 0 Å². The van der Waals surface area contributed by atoms with E-state index in [1.54, 1.807) is 37.4 Å². The molecule has 31 heavy (non-hydrogen) atoms. The maximum atomic E-state index is 13.0. The molecule has 0 radical (unpaired) electrons. The van der Waals surface area contributed by atoms with Gasteiger partial charge in [-0.3, -0.25) is 4.79 Å². The van der Waals surface area contributed by atoms with Crippen molar-refractivity contribution in [1.29, 1.82) is 0 Å². The summed E-state index contributed by atoms with van der Waals surface area (Å²) in [6, 6.07) is 20.6. The highest BCUT2D eigenvalue weighted by Crippen LogP contribution is 2.28. The van der Waals surface area contributed by atoms with E-state index in [4.69, 9.17) is 9.72 Å². The molecule has 0 aliphatic carbocycles. The van der Waals surface area contributed by atoms with Gasteiger partial charge in [-0.2, -0.15) is 5.10 Å². The van der Waals surface area contributed by atoms with Crippen LogP contribution in [0.15, 0.2) is 82.4 Å². The molecule has 0 atom stereocenters. The second-order valence-electron chi connectivity index (χ2n) is 6.70. The average Bonchev–Trinajstić information content (AvgIpc) is 2.79. The summed E-state index contributed by atoms with van der Waals surface area (Å²) in [6.07, 6.45) is 1.46. The van der Waals surface area contributed by atoms with Gasteiger partial charge < -0.3 is 4.74 Å². The van der Waals surface area contributed by atoms with Gasteiger partial charge in [-0.05, 0) is 54.1 Å². The Morgan fingerprint density at radius 2 is 1.81 bits per heavy atom. The summed E-state index contributed by atoms with van der Waals surface area (Å²) < 4.78 is 19.3. The SMILES string of the molecule is COc1ccc2nc(-c3ccc(Br)cc3)cc(C(=O)NN=Cc3ccc(F)cc3)c2c1. The van der Waals surface area contributed by atoms with Crippen LogP contribution >= 0.6 is 15.9 Å². The Hall–Kier alpha value is -3.58. The number of halogens is 2. The summed E-state index contributed by atoms with van der Waals surface area (Å²) in [5, 5.41) is 4.65. The highest BCUT2D eigenvalue weighted by molar-refractivity contribution is 9.10. The number of amides is 1. The van der Waals surface area contributed by atoms with Gasteiger partial charge in [-0.25, -0.2) is 14.8 Å². The summed E-state index contributed by atoms with van der Waals surface area (Å²) in [5.41, 5.74) is 5.83. The third kappa shape index (κ3) is 4.78. The molecule has 5 nitrogen and oxygen atoms in total. The van der Waals surface area contributed by atoms with E-state index in [1.165, 1.54) is 18.3 Å². The van der Waals surface area contributed by atoms with Crippen molar-refractivity contribution in [2.45, 2.75) is 0 Å². The van der Waals surface area contributed by atoms with E-state index in [2.05, 4.69) is 26.5 Å². The van der Waals surface area contributed by atoms with Gasteiger partial charge in [0.2, 0.25) is 0 Å². The number of hydrazone groups is 1. The molecule has 154 valence electrons. The average molecular weight is 478 g/mol. The lowest BCUT2D eigenvalue weighted by Gasteiger charge is -2.10. The zero-order chi connectivity index (χ0) is 21.8. The number of pyridine rings is 1. The van der Waals surface area contributed by atoms with Crippen molar-refractivity contribution in [3.05, 3.63) is 94.2 Å². The molecule has 1 amide bonds. The first-order chi connectivity index (χ1) is 15.0. The highest BCUT2D eigenvalue weighted by Gasteiger charge is 2.15. The largest absolute Gasteiger partial charge is 0.497 e. The van der Waals surface area contributed by atoms with E-state index in [9.17, 15) is 9.18 Å². The maximum absolute atomic E-state index is 13.0. The van der Waals surface area contributed by atoms with E-state index in [-0.39, 0.29) is 5.82 Å². The van der Waals surface area contributed by atoms with Gasteiger partial charge in [0.05, 0.1) is 30.1 Å². The van der Waals surface area contributed by atoms with Gasteiger partial charge in [-0.15, -0.1) is 0 Å². The first-order valence-corrected chi connectivity index (χ1v) is 10.2. The van der Waals surface area contributed by atoms with Crippen LogP contribution in [-0.2, 0) is 0 Å². The molecule has 0 aliphatic rings. The first-order valence-electron chi connectivity index (χ1n) is 9.37. The summed E-state index contributed by atoms with van der Waals surface area (Å²) >= 11 is 3.43. The molecule has 0 saturated carbocycles. The first kappa shape index (κ1) is 20.7. The van der Waals surface area contributed by atoms with Crippen molar-refractivity contribution in [3.8, 4) is 17.0 Å². The fourth-order valence-corrected chi connectivity index (χ4v) is 3.33. The summed E-state index contributed by atoms with van der Waals surface area (Å²) in [7, 11) is 1.57. The van der Waals surface area contributed by atoms with Gasteiger partial charge in [0.15, 0.2) is 0 Å². The van der Waals surface area contributed by atoms with Crippen LogP contribution in [0.4, 0.5) is 4.39 Å². The highest BCUT2D eigenvalue weighted by atomic mass is 79.9. The van der Waals surface area contributed by atoms with Crippen LogP contribution in [0.1, 0.15) is 15.9 Å². The molecule has 4 rings (SSSR count). The number of nitrogens with one attached hydrogen (secondary N) is 1. The van der Waals surface area contributed by atoms with Crippen molar-refractivity contribution < 1.29 is 13.9 Å². The van der Waals surface area contributed by atoms with Crippen molar-refractivity contribution in [2.75, 3.05) is 7.11 Å².